The molecule has 9 nitrogen and oxygen atoms in total. The summed E-state index contributed by atoms with van der Waals surface area (Å²) < 4.78 is 19.3. The van der Waals surface area contributed by atoms with Gasteiger partial charge in [0.25, 0.3) is 0 Å². The molecule has 0 atom stereocenters. The SMILES string of the molecule is CC(C)(C)OC(=O)N1CC(CN)(c2[nH]c3c(c2C(=O)O)CCc2cnc(-c4cccc(F)c4)nc2-3)C1. The van der Waals surface area contributed by atoms with E-state index >= 15 is 0 Å². The Morgan fingerprint density at radius 2 is 2.03 bits per heavy atom. The predicted octanol–water partition coefficient (Wildman–Crippen LogP) is 3.52. The molecule has 1 fully saturated rings. The number of carbonyl (C=O) groups excluding carboxylic acids is 1. The molecular weight excluding hydrogens is 465 g/mol. The summed E-state index contributed by atoms with van der Waals surface area (Å²) >= 11 is 0. The summed E-state index contributed by atoms with van der Waals surface area (Å²) in [7, 11) is 0. The number of fused-ring (bicyclic) bond motifs is 3. The van der Waals surface area contributed by atoms with Crippen LogP contribution < -0.4 is 5.73 Å². The third kappa shape index (κ3) is 4.01. The highest BCUT2D eigenvalue weighted by atomic mass is 19.1. The van der Waals surface area contributed by atoms with Gasteiger partial charge in [0.15, 0.2) is 5.82 Å². The number of H-pyrrole nitrogens is 1. The number of aryl methyl sites for hydroxylation is 1. The first-order valence-electron chi connectivity index (χ1n) is 11.8. The molecule has 0 spiro atoms. The van der Waals surface area contributed by atoms with Gasteiger partial charge in [-0.3, -0.25) is 0 Å². The van der Waals surface area contributed by atoms with E-state index in [0.29, 0.717) is 46.9 Å². The van der Waals surface area contributed by atoms with Crippen molar-refractivity contribution in [3.8, 4) is 22.8 Å². The van der Waals surface area contributed by atoms with Gasteiger partial charge >= 0.3 is 12.1 Å². The van der Waals surface area contributed by atoms with Crippen LogP contribution in [0.3, 0.4) is 0 Å². The smallest absolute Gasteiger partial charge is 0.410 e. The Labute approximate surface area is 207 Å². The first-order valence-corrected chi connectivity index (χ1v) is 11.8. The maximum Gasteiger partial charge on any atom is 0.410 e. The summed E-state index contributed by atoms with van der Waals surface area (Å²) in [5.74, 6) is -1.11. The summed E-state index contributed by atoms with van der Waals surface area (Å²) in [6.07, 6.45) is 2.32. The van der Waals surface area contributed by atoms with Gasteiger partial charge in [-0.05, 0) is 56.9 Å². The zero-order valence-corrected chi connectivity index (χ0v) is 20.4. The van der Waals surface area contributed by atoms with Gasteiger partial charge in [0.2, 0.25) is 0 Å². The number of hydrogen-bond donors (Lipinski definition) is 3. The van der Waals surface area contributed by atoms with Crippen molar-refractivity contribution in [1.29, 1.82) is 0 Å². The van der Waals surface area contributed by atoms with Gasteiger partial charge in [-0.25, -0.2) is 23.9 Å². The van der Waals surface area contributed by atoms with Gasteiger partial charge in [0, 0.05) is 37.1 Å². The van der Waals surface area contributed by atoms with Crippen LogP contribution in [0.4, 0.5) is 9.18 Å². The van der Waals surface area contributed by atoms with Crippen LogP contribution in [0.2, 0.25) is 0 Å². The number of halogens is 1. The van der Waals surface area contributed by atoms with Crippen LogP contribution in [0.25, 0.3) is 22.8 Å². The van der Waals surface area contributed by atoms with E-state index < -0.39 is 28.9 Å². The molecule has 3 aromatic rings. The number of carboxylic acid groups (broad SMARTS) is 1. The Bertz CT molecular complexity index is 1370. The summed E-state index contributed by atoms with van der Waals surface area (Å²) in [5.41, 5.74) is 8.70. The van der Waals surface area contributed by atoms with Gasteiger partial charge in [-0.15, -0.1) is 0 Å². The van der Waals surface area contributed by atoms with E-state index in [9.17, 15) is 19.1 Å². The van der Waals surface area contributed by atoms with Crippen molar-refractivity contribution in [2.75, 3.05) is 19.6 Å². The van der Waals surface area contributed by atoms with E-state index in [4.69, 9.17) is 15.5 Å². The second-order valence-electron chi connectivity index (χ2n) is 10.4. The molecule has 1 aliphatic carbocycles. The average Bonchev–Trinajstić information content (AvgIpc) is 3.18. The molecule has 10 heteroatoms. The number of carboxylic acids is 1. The van der Waals surface area contributed by atoms with Crippen LogP contribution in [-0.2, 0) is 23.0 Å². The Kier molecular flexibility index (Phi) is 5.59. The van der Waals surface area contributed by atoms with Crippen LogP contribution in [0, 0.1) is 5.82 Å². The summed E-state index contributed by atoms with van der Waals surface area (Å²) in [6.45, 7) is 6.00. The number of nitrogens with zero attached hydrogens (tertiary/aromatic N) is 3. The van der Waals surface area contributed by atoms with Crippen LogP contribution in [-0.4, -0.2) is 62.3 Å². The molecular formula is C26H28FN5O4. The number of likely N-dealkylation sites (tertiary alicyclic amines) is 1. The molecule has 3 heterocycles. The molecule has 1 amide bonds. The molecule has 0 unspecified atom stereocenters. The van der Waals surface area contributed by atoms with Crippen molar-refractivity contribution >= 4 is 12.1 Å². The maximum absolute atomic E-state index is 13.8. The number of carbonyl (C=O) groups is 2. The van der Waals surface area contributed by atoms with Crippen LogP contribution in [0.15, 0.2) is 30.5 Å². The monoisotopic (exact) mass is 493 g/mol. The number of hydrogen-bond acceptors (Lipinski definition) is 6. The lowest BCUT2D eigenvalue weighted by molar-refractivity contribution is -0.00905. The fraction of sp³-hybridized carbons (Fsp3) is 0.385. The third-order valence-corrected chi connectivity index (χ3v) is 6.71. The van der Waals surface area contributed by atoms with Gasteiger partial charge in [-0.2, -0.15) is 0 Å². The van der Waals surface area contributed by atoms with E-state index in [2.05, 4.69) is 9.97 Å². The van der Waals surface area contributed by atoms with E-state index in [0.717, 1.165) is 5.56 Å². The van der Waals surface area contributed by atoms with Crippen molar-refractivity contribution in [3.63, 3.8) is 0 Å². The first-order chi connectivity index (χ1) is 17.0. The molecule has 4 N–H and O–H groups in total. The Morgan fingerprint density at radius 1 is 1.28 bits per heavy atom. The molecule has 188 valence electrons. The van der Waals surface area contributed by atoms with Crippen molar-refractivity contribution in [2.45, 2.75) is 44.6 Å². The number of aromatic nitrogens is 3. The van der Waals surface area contributed by atoms with Crippen LogP contribution >= 0.6 is 0 Å². The van der Waals surface area contributed by atoms with Crippen molar-refractivity contribution in [1.82, 2.24) is 19.9 Å². The van der Waals surface area contributed by atoms with Crippen molar-refractivity contribution < 1.29 is 23.8 Å². The summed E-state index contributed by atoms with van der Waals surface area (Å²) in [6, 6.07) is 6.02. The van der Waals surface area contributed by atoms with E-state index in [1.165, 1.54) is 17.0 Å². The highest BCUT2D eigenvalue weighted by Gasteiger charge is 2.50. The number of rotatable bonds is 4. The van der Waals surface area contributed by atoms with E-state index in [-0.39, 0.29) is 25.2 Å². The molecule has 5 rings (SSSR count). The number of amides is 1. The zero-order valence-electron chi connectivity index (χ0n) is 20.4. The number of benzene rings is 1. The highest BCUT2D eigenvalue weighted by molar-refractivity contribution is 5.95. The third-order valence-electron chi connectivity index (χ3n) is 6.71. The molecule has 2 aromatic heterocycles. The van der Waals surface area contributed by atoms with Crippen molar-refractivity contribution in [3.05, 3.63) is 58.7 Å². The highest BCUT2D eigenvalue weighted by Crippen LogP contribution is 2.43. The lowest BCUT2D eigenvalue weighted by Gasteiger charge is -2.49. The number of aromatic carboxylic acids is 1. The Balaban J connectivity index is 1.55. The quantitative estimate of drug-likeness (QED) is 0.506. The minimum atomic E-state index is -1.06. The van der Waals surface area contributed by atoms with Gasteiger partial charge in [-0.1, -0.05) is 12.1 Å². The fourth-order valence-corrected chi connectivity index (χ4v) is 4.99. The minimum absolute atomic E-state index is 0.150. The number of ether oxygens (including phenoxy) is 1. The van der Waals surface area contributed by atoms with Gasteiger partial charge in [0.05, 0.1) is 22.4 Å². The standard InChI is InChI=1S/C26H28FN5O4/c1-25(2,3)36-24(35)32-12-26(11-28,13-32)21-18(23(33)34)17-8-7-15-10-29-22(31-19(15)20(17)30-21)14-5-4-6-16(27)9-14/h4-6,9-10,30H,7-8,11-13,28H2,1-3H3,(H,33,34). The fourth-order valence-electron chi connectivity index (χ4n) is 4.99. The predicted molar refractivity (Wildman–Crippen MR) is 130 cm³/mol. The number of nitrogens with two attached hydrogens (primary N) is 1. The van der Waals surface area contributed by atoms with Crippen LogP contribution in [0.1, 0.15) is 48.0 Å². The average molecular weight is 494 g/mol. The lowest BCUT2D eigenvalue weighted by atomic mass is 9.75. The minimum Gasteiger partial charge on any atom is -0.478 e. The van der Waals surface area contributed by atoms with Crippen LogP contribution in [0.5, 0.6) is 0 Å². The molecule has 1 saturated heterocycles. The number of aromatic amines is 1. The Morgan fingerprint density at radius 3 is 2.67 bits per heavy atom. The first kappa shape index (κ1) is 23.9. The normalized spacial score (nSPS) is 16.1. The second kappa shape index (κ2) is 8.41. The van der Waals surface area contributed by atoms with E-state index in [1.54, 1.807) is 39.1 Å². The molecule has 36 heavy (non-hydrogen) atoms. The maximum atomic E-state index is 13.8. The Hall–Kier alpha value is -3.79. The summed E-state index contributed by atoms with van der Waals surface area (Å²) in [5, 5.41) is 10.2. The lowest BCUT2D eigenvalue weighted by Crippen LogP contribution is -2.65. The van der Waals surface area contributed by atoms with E-state index in [1.807, 2.05) is 0 Å². The molecule has 2 aliphatic rings. The molecule has 0 radical (unpaired) electrons. The topological polar surface area (TPSA) is 134 Å². The zero-order chi connectivity index (χ0) is 25.8. The summed E-state index contributed by atoms with van der Waals surface area (Å²) in [4.78, 5) is 39.0. The molecule has 1 aromatic carbocycles. The largest absolute Gasteiger partial charge is 0.478 e. The van der Waals surface area contributed by atoms with Gasteiger partial charge < -0.3 is 25.5 Å². The van der Waals surface area contributed by atoms with Crippen molar-refractivity contribution in [2.24, 2.45) is 5.73 Å². The number of nitrogens with one attached hydrogen (secondary N) is 1. The molecule has 1 aliphatic heterocycles. The second-order valence-corrected chi connectivity index (χ2v) is 10.4. The molecule has 0 bridgehead atoms. The van der Waals surface area contributed by atoms with Gasteiger partial charge in [0.1, 0.15) is 11.4 Å². The molecule has 0 saturated carbocycles.